The van der Waals surface area contributed by atoms with Gasteiger partial charge in [-0.1, -0.05) is 49.8 Å². The van der Waals surface area contributed by atoms with Crippen molar-refractivity contribution >= 4 is 0 Å². The third-order valence-electron chi connectivity index (χ3n) is 4.76. The molecule has 4 atom stereocenters. The Balaban J connectivity index is 1.78. The predicted molar refractivity (Wildman–Crippen MR) is 106 cm³/mol. The molecular weight excluding hydrogens is 326 g/mol. The molecule has 1 saturated heterocycles. The van der Waals surface area contributed by atoms with E-state index in [4.69, 9.17) is 4.74 Å². The normalized spacial score (nSPS) is 24.5. The van der Waals surface area contributed by atoms with E-state index in [1.807, 2.05) is 37.3 Å². The van der Waals surface area contributed by atoms with Crippen LogP contribution in [-0.2, 0) is 0 Å². The maximum absolute atomic E-state index is 10.2. The van der Waals surface area contributed by atoms with Crippen molar-refractivity contribution in [2.24, 2.45) is 5.92 Å². The van der Waals surface area contributed by atoms with Crippen molar-refractivity contribution < 1.29 is 14.9 Å². The monoisotopic (exact) mass is 359 g/mol. The second-order valence-electron chi connectivity index (χ2n) is 7.08. The second-order valence-corrected chi connectivity index (χ2v) is 7.08. The molecule has 1 fully saturated rings. The van der Waals surface area contributed by atoms with Crippen LogP contribution in [0.25, 0.3) is 0 Å². The molecule has 0 spiro atoms. The molecule has 4 unspecified atom stereocenters. The molecule has 4 heteroatoms. The highest BCUT2D eigenvalue weighted by molar-refractivity contribution is 5.27. The van der Waals surface area contributed by atoms with E-state index in [0.717, 1.165) is 37.0 Å². The SMILES string of the molecule is CCC/C=C/CCC1C(O)CNC1/C=C/C(O)COc1cccc(C)c1. The van der Waals surface area contributed by atoms with Gasteiger partial charge in [0.05, 0.1) is 6.10 Å². The van der Waals surface area contributed by atoms with Gasteiger partial charge in [0.25, 0.3) is 0 Å². The quantitative estimate of drug-likeness (QED) is 0.561. The third kappa shape index (κ3) is 6.94. The van der Waals surface area contributed by atoms with Gasteiger partial charge >= 0.3 is 0 Å². The van der Waals surface area contributed by atoms with Crippen LogP contribution < -0.4 is 10.1 Å². The summed E-state index contributed by atoms with van der Waals surface area (Å²) in [6.45, 7) is 5.01. The van der Waals surface area contributed by atoms with Crippen molar-refractivity contribution in [3.05, 3.63) is 54.1 Å². The Kier molecular flexibility index (Phi) is 8.89. The van der Waals surface area contributed by atoms with Crippen molar-refractivity contribution in [3.63, 3.8) is 0 Å². The smallest absolute Gasteiger partial charge is 0.119 e. The molecule has 2 rings (SSSR count). The first-order valence-electron chi connectivity index (χ1n) is 9.72. The van der Waals surface area contributed by atoms with Gasteiger partial charge in [0.15, 0.2) is 0 Å². The first-order valence-corrected chi connectivity index (χ1v) is 9.72. The van der Waals surface area contributed by atoms with Crippen LogP contribution in [0, 0.1) is 12.8 Å². The molecule has 1 aliphatic rings. The fraction of sp³-hybridized carbons (Fsp3) is 0.545. The average molecular weight is 360 g/mol. The molecule has 1 aromatic rings. The molecule has 0 aliphatic carbocycles. The Bertz CT molecular complexity index is 585. The first kappa shape index (κ1) is 20.7. The van der Waals surface area contributed by atoms with Gasteiger partial charge in [-0.25, -0.2) is 0 Å². The lowest BCUT2D eigenvalue weighted by Crippen LogP contribution is -2.27. The fourth-order valence-electron chi connectivity index (χ4n) is 3.26. The van der Waals surface area contributed by atoms with Crippen LogP contribution in [0.3, 0.4) is 0 Å². The van der Waals surface area contributed by atoms with Gasteiger partial charge in [-0.05, 0) is 43.9 Å². The summed E-state index contributed by atoms with van der Waals surface area (Å²) in [5.74, 6) is 0.950. The zero-order chi connectivity index (χ0) is 18.8. The van der Waals surface area contributed by atoms with E-state index in [2.05, 4.69) is 24.4 Å². The molecule has 3 N–H and O–H groups in total. The Morgan fingerprint density at radius 3 is 2.88 bits per heavy atom. The van der Waals surface area contributed by atoms with Crippen molar-refractivity contribution in [1.29, 1.82) is 0 Å². The van der Waals surface area contributed by atoms with E-state index >= 15 is 0 Å². The number of aliphatic hydroxyl groups is 2. The van der Waals surface area contributed by atoms with Gasteiger partial charge in [0.1, 0.15) is 18.5 Å². The summed E-state index contributed by atoms with van der Waals surface area (Å²) in [6.07, 6.45) is 11.4. The number of β-amino-alcohol motifs (C(OH)–C–C–N with tert-alkyl or cyclic N) is 1. The zero-order valence-electron chi connectivity index (χ0n) is 16.0. The molecule has 0 amide bonds. The minimum atomic E-state index is -0.667. The van der Waals surface area contributed by atoms with Gasteiger partial charge in [0.2, 0.25) is 0 Å². The predicted octanol–water partition coefficient (Wildman–Crippen LogP) is 3.38. The van der Waals surface area contributed by atoms with Crippen molar-refractivity contribution in [1.82, 2.24) is 5.32 Å². The molecule has 0 aromatic heterocycles. The lowest BCUT2D eigenvalue weighted by Gasteiger charge is -2.18. The van der Waals surface area contributed by atoms with Gasteiger partial charge in [-0.2, -0.15) is 0 Å². The van der Waals surface area contributed by atoms with E-state index in [0.29, 0.717) is 6.54 Å². The fourth-order valence-corrected chi connectivity index (χ4v) is 3.26. The Morgan fingerprint density at radius 1 is 1.31 bits per heavy atom. The highest BCUT2D eigenvalue weighted by atomic mass is 16.5. The number of nitrogens with one attached hydrogen (secondary N) is 1. The van der Waals surface area contributed by atoms with Gasteiger partial charge in [-0.3, -0.25) is 0 Å². The van der Waals surface area contributed by atoms with E-state index in [9.17, 15) is 10.2 Å². The summed E-state index contributed by atoms with van der Waals surface area (Å²) in [6, 6.07) is 7.89. The highest BCUT2D eigenvalue weighted by Crippen LogP contribution is 2.23. The summed E-state index contributed by atoms with van der Waals surface area (Å²) in [7, 11) is 0. The summed E-state index contributed by atoms with van der Waals surface area (Å²) in [4.78, 5) is 0. The van der Waals surface area contributed by atoms with Crippen LogP contribution in [0.4, 0.5) is 0 Å². The number of unbranched alkanes of at least 4 members (excludes halogenated alkanes) is 1. The number of allylic oxidation sites excluding steroid dienone is 2. The summed E-state index contributed by atoms with van der Waals surface area (Å²) >= 11 is 0. The molecule has 0 radical (unpaired) electrons. The van der Waals surface area contributed by atoms with Crippen molar-refractivity contribution in [3.8, 4) is 5.75 Å². The van der Waals surface area contributed by atoms with Crippen molar-refractivity contribution in [2.75, 3.05) is 13.2 Å². The van der Waals surface area contributed by atoms with Crippen LogP contribution in [0.15, 0.2) is 48.6 Å². The zero-order valence-corrected chi connectivity index (χ0v) is 16.0. The average Bonchev–Trinajstić information content (AvgIpc) is 2.98. The highest BCUT2D eigenvalue weighted by Gasteiger charge is 2.32. The maximum atomic E-state index is 10.2. The lowest BCUT2D eigenvalue weighted by atomic mass is 9.92. The molecule has 144 valence electrons. The molecule has 1 aromatic carbocycles. The Labute approximate surface area is 157 Å². The van der Waals surface area contributed by atoms with Crippen LogP contribution in [0.2, 0.25) is 0 Å². The van der Waals surface area contributed by atoms with E-state index in [1.54, 1.807) is 6.08 Å². The lowest BCUT2D eigenvalue weighted by molar-refractivity contribution is 0.135. The molecule has 4 nitrogen and oxygen atoms in total. The Hall–Kier alpha value is -1.62. The van der Waals surface area contributed by atoms with E-state index in [1.165, 1.54) is 0 Å². The molecule has 1 aliphatic heterocycles. The third-order valence-corrected chi connectivity index (χ3v) is 4.76. The topological polar surface area (TPSA) is 61.7 Å². The second kappa shape index (κ2) is 11.2. The number of benzene rings is 1. The maximum Gasteiger partial charge on any atom is 0.119 e. The standard InChI is InChI=1S/C22H33NO3/c1-3-4-5-6-7-11-20-21(23-15-22(20)25)13-12-18(24)16-26-19-10-8-9-17(2)14-19/h5-6,8-10,12-14,18,20-25H,3-4,7,11,15-16H2,1-2H3/b6-5+,13-12+. The molecule has 1 heterocycles. The van der Waals surface area contributed by atoms with Crippen LogP contribution in [-0.4, -0.2) is 41.6 Å². The Morgan fingerprint density at radius 2 is 2.12 bits per heavy atom. The molecular formula is C22H33NO3. The van der Waals surface area contributed by atoms with Crippen molar-refractivity contribution in [2.45, 2.75) is 57.8 Å². The van der Waals surface area contributed by atoms with Gasteiger partial charge < -0.3 is 20.3 Å². The molecule has 26 heavy (non-hydrogen) atoms. The molecule has 0 saturated carbocycles. The number of aliphatic hydroxyl groups excluding tert-OH is 2. The number of hydrogen-bond acceptors (Lipinski definition) is 4. The number of rotatable bonds is 10. The summed E-state index contributed by atoms with van der Waals surface area (Å²) in [5, 5.41) is 23.7. The largest absolute Gasteiger partial charge is 0.491 e. The van der Waals surface area contributed by atoms with Crippen LogP contribution in [0.1, 0.15) is 38.2 Å². The minimum absolute atomic E-state index is 0.0956. The van der Waals surface area contributed by atoms with E-state index < -0.39 is 6.10 Å². The number of hydrogen-bond donors (Lipinski definition) is 3. The van der Waals surface area contributed by atoms with E-state index in [-0.39, 0.29) is 24.7 Å². The first-order chi connectivity index (χ1) is 12.6. The number of aryl methyl sites for hydroxylation is 1. The molecule has 0 bridgehead atoms. The summed E-state index contributed by atoms with van der Waals surface area (Å²) in [5.41, 5.74) is 1.13. The van der Waals surface area contributed by atoms with Gasteiger partial charge in [0, 0.05) is 18.5 Å². The van der Waals surface area contributed by atoms with Gasteiger partial charge in [-0.15, -0.1) is 0 Å². The minimum Gasteiger partial charge on any atom is -0.491 e. The van der Waals surface area contributed by atoms with Crippen LogP contribution >= 0.6 is 0 Å². The summed E-state index contributed by atoms with van der Waals surface area (Å²) < 4.78 is 5.63. The van der Waals surface area contributed by atoms with Crippen LogP contribution in [0.5, 0.6) is 5.75 Å². The number of ether oxygens (including phenoxy) is 1.